The monoisotopic (exact) mass is 399 g/mol. The molecule has 1 heterocycles. The average molecular weight is 400 g/mol. The van der Waals surface area contributed by atoms with Crippen molar-refractivity contribution >= 4 is 6.09 Å². The third-order valence-electron chi connectivity index (χ3n) is 4.59. The van der Waals surface area contributed by atoms with Gasteiger partial charge in [-0.3, -0.25) is 4.90 Å². The largest absolute Gasteiger partial charge is 1.00 e. The van der Waals surface area contributed by atoms with E-state index in [-0.39, 0.29) is 25.1 Å². The molecular formula is C20H32ClN2O4-. The van der Waals surface area contributed by atoms with E-state index in [1.54, 1.807) is 4.90 Å². The Labute approximate surface area is 168 Å². The molecule has 1 aromatic carbocycles. The molecule has 2 rings (SSSR count). The Morgan fingerprint density at radius 2 is 1.89 bits per heavy atom. The Bertz CT molecular complexity index is 589. The van der Waals surface area contributed by atoms with E-state index in [1.807, 2.05) is 19.9 Å². The molecule has 1 amide bonds. The summed E-state index contributed by atoms with van der Waals surface area (Å²) in [6, 6.07) is 6.21. The predicted molar refractivity (Wildman–Crippen MR) is 102 cm³/mol. The van der Waals surface area contributed by atoms with Crippen molar-refractivity contribution in [3.05, 3.63) is 29.3 Å². The molecular weight excluding hydrogens is 368 g/mol. The normalized spacial score (nSPS) is 16.0. The molecule has 154 valence electrons. The lowest BCUT2D eigenvalue weighted by Gasteiger charge is -2.34. The van der Waals surface area contributed by atoms with Crippen molar-refractivity contribution in [2.24, 2.45) is 0 Å². The third kappa shape index (κ3) is 7.20. The SMILES string of the molecule is CCOC(=O)N1CCN(CC(O)COc2cc(C)ccc2C(C)C)CC1.[Cl-]. The number of ether oxygens (including phenoxy) is 2. The number of carbonyl (C=O) groups excluding carboxylic acids is 1. The quantitative estimate of drug-likeness (QED) is 0.678. The van der Waals surface area contributed by atoms with E-state index in [2.05, 4.69) is 30.9 Å². The van der Waals surface area contributed by atoms with Crippen LogP contribution in [0.1, 0.15) is 37.8 Å². The van der Waals surface area contributed by atoms with Crippen molar-refractivity contribution in [2.75, 3.05) is 45.9 Å². The van der Waals surface area contributed by atoms with E-state index in [9.17, 15) is 9.90 Å². The van der Waals surface area contributed by atoms with Gasteiger partial charge in [0, 0.05) is 32.7 Å². The number of piperazine rings is 1. The molecule has 0 saturated carbocycles. The first-order valence-electron chi connectivity index (χ1n) is 9.46. The van der Waals surface area contributed by atoms with Gasteiger partial charge in [0.1, 0.15) is 18.5 Å². The molecule has 1 aliphatic heterocycles. The summed E-state index contributed by atoms with van der Waals surface area (Å²) in [5.74, 6) is 1.23. The van der Waals surface area contributed by atoms with Gasteiger partial charge in [-0.05, 0) is 37.0 Å². The molecule has 1 aliphatic rings. The molecule has 1 aromatic rings. The van der Waals surface area contributed by atoms with Crippen molar-refractivity contribution in [1.29, 1.82) is 0 Å². The number of aryl methyl sites for hydroxylation is 1. The Balaban J connectivity index is 0.00000364. The molecule has 0 aromatic heterocycles. The zero-order valence-electron chi connectivity index (χ0n) is 16.8. The van der Waals surface area contributed by atoms with Gasteiger partial charge in [0.2, 0.25) is 0 Å². The van der Waals surface area contributed by atoms with Gasteiger partial charge in [-0.2, -0.15) is 0 Å². The Morgan fingerprint density at radius 1 is 1.22 bits per heavy atom. The molecule has 1 atom stereocenters. The lowest BCUT2D eigenvalue weighted by Crippen LogP contribution is -3.00. The van der Waals surface area contributed by atoms with E-state index in [1.165, 1.54) is 0 Å². The van der Waals surface area contributed by atoms with Crippen molar-refractivity contribution < 1.29 is 31.8 Å². The fraction of sp³-hybridized carbons (Fsp3) is 0.650. The molecule has 1 saturated heterocycles. The number of halogens is 1. The van der Waals surface area contributed by atoms with Crippen LogP contribution in [0.2, 0.25) is 0 Å². The molecule has 6 nitrogen and oxygen atoms in total. The standard InChI is InChI=1S/C20H32N2O4.ClH/c1-5-25-20(24)22-10-8-21(9-11-22)13-17(23)14-26-19-12-16(4)6-7-18(19)15(2)3;/h6-7,12,15,17,23H,5,8-11,13-14H2,1-4H3;1H/p-1. The number of nitrogens with zero attached hydrogens (tertiary/aromatic N) is 2. The van der Waals surface area contributed by atoms with Gasteiger partial charge in [-0.15, -0.1) is 0 Å². The minimum Gasteiger partial charge on any atom is -1.00 e. The number of rotatable bonds is 7. The summed E-state index contributed by atoms with van der Waals surface area (Å²) in [5.41, 5.74) is 2.31. The summed E-state index contributed by atoms with van der Waals surface area (Å²) in [6.45, 7) is 12.0. The molecule has 0 bridgehead atoms. The number of β-amino-alcohol motifs (C(OH)–C–C–N with tert-alkyl or cyclic N) is 1. The van der Waals surface area contributed by atoms with Crippen molar-refractivity contribution in [1.82, 2.24) is 9.80 Å². The van der Waals surface area contributed by atoms with E-state index >= 15 is 0 Å². The smallest absolute Gasteiger partial charge is 0.409 e. The van der Waals surface area contributed by atoms with Crippen LogP contribution >= 0.6 is 0 Å². The molecule has 1 unspecified atom stereocenters. The van der Waals surface area contributed by atoms with Gasteiger partial charge in [0.05, 0.1) is 6.61 Å². The number of hydrogen-bond donors (Lipinski definition) is 1. The summed E-state index contributed by atoms with van der Waals surface area (Å²) in [5, 5.41) is 10.3. The Morgan fingerprint density at radius 3 is 2.48 bits per heavy atom. The maximum absolute atomic E-state index is 11.7. The molecule has 0 spiro atoms. The highest BCUT2D eigenvalue weighted by Crippen LogP contribution is 2.27. The summed E-state index contributed by atoms with van der Waals surface area (Å²) in [6.07, 6.45) is -0.818. The summed E-state index contributed by atoms with van der Waals surface area (Å²) >= 11 is 0. The van der Waals surface area contributed by atoms with E-state index in [0.717, 1.165) is 30.0 Å². The molecule has 7 heteroatoms. The van der Waals surface area contributed by atoms with Crippen LogP contribution in [0.25, 0.3) is 0 Å². The molecule has 0 aliphatic carbocycles. The second kappa shape index (κ2) is 11.4. The molecule has 1 fully saturated rings. The maximum Gasteiger partial charge on any atom is 0.409 e. The molecule has 0 radical (unpaired) electrons. The Hall–Kier alpha value is -1.50. The molecule has 1 N–H and O–H groups in total. The van der Waals surface area contributed by atoms with Crippen molar-refractivity contribution in [2.45, 2.75) is 39.7 Å². The minimum absolute atomic E-state index is 0. The zero-order chi connectivity index (χ0) is 19.1. The van der Waals surface area contributed by atoms with E-state index < -0.39 is 6.10 Å². The topological polar surface area (TPSA) is 62.2 Å². The van der Waals surface area contributed by atoms with Crippen molar-refractivity contribution in [3.8, 4) is 5.75 Å². The summed E-state index contributed by atoms with van der Waals surface area (Å²) in [4.78, 5) is 15.6. The van der Waals surface area contributed by atoms with Crippen LogP contribution in [0, 0.1) is 6.92 Å². The highest BCUT2D eigenvalue weighted by atomic mass is 35.5. The maximum atomic E-state index is 11.7. The van der Waals surface area contributed by atoms with Gasteiger partial charge < -0.3 is 31.9 Å². The first kappa shape index (κ1) is 23.5. The van der Waals surface area contributed by atoms with Crippen LogP contribution in [0.3, 0.4) is 0 Å². The fourth-order valence-corrected chi connectivity index (χ4v) is 3.11. The highest BCUT2D eigenvalue weighted by Gasteiger charge is 2.23. The second-order valence-electron chi connectivity index (χ2n) is 7.15. The van der Waals surface area contributed by atoms with Crippen LogP contribution in [-0.4, -0.2) is 73.0 Å². The number of carbonyl (C=O) groups is 1. The zero-order valence-corrected chi connectivity index (χ0v) is 17.5. The van der Waals surface area contributed by atoms with Crippen LogP contribution in [0.15, 0.2) is 18.2 Å². The van der Waals surface area contributed by atoms with Crippen LogP contribution < -0.4 is 17.1 Å². The second-order valence-corrected chi connectivity index (χ2v) is 7.15. The van der Waals surface area contributed by atoms with Gasteiger partial charge >= 0.3 is 6.09 Å². The van der Waals surface area contributed by atoms with Crippen molar-refractivity contribution in [3.63, 3.8) is 0 Å². The summed E-state index contributed by atoms with van der Waals surface area (Å²) in [7, 11) is 0. The number of aliphatic hydroxyl groups excluding tert-OH is 1. The van der Waals surface area contributed by atoms with Gasteiger partial charge in [0.15, 0.2) is 0 Å². The minimum atomic E-state index is -0.565. The van der Waals surface area contributed by atoms with Crippen LogP contribution in [-0.2, 0) is 4.74 Å². The van der Waals surface area contributed by atoms with E-state index in [4.69, 9.17) is 9.47 Å². The Kier molecular flexibility index (Phi) is 9.91. The number of aliphatic hydroxyl groups is 1. The van der Waals surface area contributed by atoms with Crippen LogP contribution in [0.5, 0.6) is 5.75 Å². The van der Waals surface area contributed by atoms with Gasteiger partial charge in [0.25, 0.3) is 0 Å². The molecule has 27 heavy (non-hydrogen) atoms. The predicted octanol–water partition coefficient (Wildman–Crippen LogP) is -0.364. The van der Waals surface area contributed by atoms with E-state index in [0.29, 0.717) is 32.2 Å². The van der Waals surface area contributed by atoms with Crippen LogP contribution in [0.4, 0.5) is 4.79 Å². The first-order valence-corrected chi connectivity index (χ1v) is 9.46. The first-order chi connectivity index (χ1) is 12.4. The number of hydrogen-bond acceptors (Lipinski definition) is 5. The van der Waals surface area contributed by atoms with Gasteiger partial charge in [-0.25, -0.2) is 4.79 Å². The average Bonchev–Trinajstić information content (AvgIpc) is 2.60. The lowest BCUT2D eigenvalue weighted by molar-refractivity contribution is -0.0000198. The van der Waals surface area contributed by atoms with Gasteiger partial charge in [-0.1, -0.05) is 26.0 Å². The highest BCUT2D eigenvalue weighted by molar-refractivity contribution is 5.67. The summed E-state index contributed by atoms with van der Waals surface area (Å²) < 4.78 is 10.9. The fourth-order valence-electron chi connectivity index (χ4n) is 3.11. The number of amides is 1. The lowest BCUT2D eigenvalue weighted by atomic mass is 10.0. The third-order valence-corrected chi connectivity index (χ3v) is 4.59. The number of benzene rings is 1.